The predicted octanol–water partition coefficient (Wildman–Crippen LogP) is 2.99. The number of hydrogen-bond donors (Lipinski definition) is 1. The SMILES string of the molecule is CC(=O)NCC=Cc1ccc(C(F)(F)F)c(F)c1. The van der Waals surface area contributed by atoms with E-state index in [9.17, 15) is 22.4 Å². The van der Waals surface area contributed by atoms with Gasteiger partial charge in [0.25, 0.3) is 0 Å². The van der Waals surface area contributed by atoms with Crippen molar-refractivity contribution in [1.82, 2.24) is 5.32 Å². The zero-order valence-electron chi connectivity index (χ0n) is 9.51. The predicted molar refractivity (Wildman–Crippen MR) is 59.1 cm³/mol. The van der Waals surface area contributed by atoms with Crippen LogP contribution in [0.15, 0.2) is 24.3 Å². The summed E-state index contributed by atoms with van der Waals surface area (Å²) in [6.07, 6.45) is -1.74. The van der Waals surface area contributed by atoms with E-state index in [2.05, 4.69) is 5.32 Å². The Morgan fingerprint density at radius 1 is 1.39 bits per heavy atom. The van der Waals surface area contributed by atoms with Crippen molar-refractivity contribution in [1.29, 1.82) is 0 Å². The minimum atomic E-state index is -4.69. The first-order valence-corrected chi connectivity index (χ1v) is 5.08. The van der Waals surface area contributed by atoms with E-state index in [1.165, 1.54) is 19.1 Å². The van der Waals surface area contributed by atoms with Gasteiger partial charge < -0.3 is 5.32 Å². The molecule has 0 bridgehead atoms. The maximum atomic E-state index is 13.2. The van der Waals surface area contributed by atoms with Crippen LogP contribution in [0.5, 0.6) is 0 Å². The Morgan fingerprint density at radius 3 is 2.56 bits per heavy atom. The summed E-state index contributed by atoms with van der Waals surface area (Å²) < 4.78 is 50.0. The first-order chi connectivity index (χ1) is 8.30. The van der Waals surface area contributed by atoms with Crippen LogP contribution in [0.3, 0.4) is 0 Å². The molecular formula is C12H11F4NO. The van der Waals surface area contributed by atoms with Crippen molar-refractivity contribution in [3.63, 3.8) is 0 Å². The van der Waals surface area contributed by atoms with E-state index >= 15 is 0 Å². The van der Waals surface area contributed by atoms with Gasteiger partial charge in [-0.3, -0.25) is 4.79 Å². The summed E-state index contributed by atoms with van der Waals surface area (Å²) >= 11 is 0. The second kappa shape index (κ2) is 5.66. The van der Waals surface area contributed by atoms with Gasteiger partial charge in [0, 0.05) is 13.5 Å². The molecule has 0 aromatic heterocycles. The zero-order valence-corrected chi connectivity index (χ0v) is 9.51. The maximum Gasteiger partial charge on any atom is 0.419 e. The van der Waals surface area contributed by atoms with Crippen LogP contribution in [0, 0.1) is 5.82 Å². The third-order valence-corrected chi connectivity index (χ3v) is 2.08. The molecule has 18 heavy (non-hydrogen) atoms. The lowest BCUT2D eigenvalue weighted by atomic mass is 10.1. The summed E-state index contributed by atoms with van der Waals surface area (Å²) in [6.45, 7) is 1.57. The fourth-order valence-electron chi connectivity index (χ4n) is 1.26. The van der Waals surface area contributed by atoms with E-state index in [0.29, 0.717) is 11.6 Å². The molecule has 0 saturated heterocycles. The standard InChI is InChI=1S/C12H11F4NO/c1-8(18)17-6-2-3-9-4-5-10(11(13)7-9)12(14,15)16/h2-5,7H,6H2,1H3,(H,17,18). The van der Waals surface area contributed by atoms with E-state index in [1.54, 1.807) is 0 Å². The molecule has 0 aliphatic carbocycles. The third-order valence-electron chi connectivity index (χ3n) is 2.08. The number of amides is 1. The summed E-state index contributed by atoms with van der Waals surface area (Å²) in [5.41, 5.74) is -0.993. The molecule has 0 aliphatic heterocycles. The second-order valence-corrected chi connectivity index (χ2v) is 3.58. The van der Waals surface area contributed by atoms with Gasteiger partial charge in [-0.05, 0) is 17.7 Å². The molecule has 0 atom stereocenters. The summed E-state index contributed by atoms with van der Waals surface area (Å²) in [6, 6.07) is 2.65. The molecule has 1 N–H and O–H groups in total. The minimum Gasteiger partial charge on any atom is -0.353 e. The first-order valence-electron chi connectivity index (χ1n) is 5.08. The number of halogens is 4. The second-order valence-electron chi connectivity index (χ2n) is 3.58. The fourth-order valence-corrected chi connectivity index (χ4v) is 1.26. The Balaban J connectivity index is 2.76. The molecule has 0 aliphatic rings. The van der Waals surface area contributed by atoms with Crippen LogP contribution < -0.4 is 5.32 Å². The van der Waals surface area contributed by atoms with Crippen LogP contribution >= 0.6 is 0 Å². The molecule has 0 heterocycles. The Morgan fingerprint density at radius 2 is 2.06 bits per heavy atom. The van der Waals surface area contributed by atoms with Crippen LogP contribution in [0.25, 0.3) is 6.08 Å². The lowest BCUT2D eigenvalue weighted by Gasteiger charge is -2.07. The molecule has 6 heteroatoms. The average Bonchev–Trinajstić information content (AvgIpc) is 2.22. The maximum absolute atomic E-state index is 13.2. The number of rotatable bonds is 3. The van der Waals surface area contributed by atoms with Gasteiger partial charge in [0.2, 0.25) is 5.91 Å². The van der Waals surface area contributed by atoms with Crippen molar-refractivity contribution in [2.75, 3.05) is 6.54 Å². The third kappa shape index (κ3) is 4.20. The highest BCUT2D eigenvalue weighted by atomic mass is 19.4. The average molecular weight is 261 g/mol. The minimum absolute atomic E-state index is 0.224. The van der Waals surface area contributed by atoms with E-state index < -0.39 is 17.6 Å². The molecule has 0 fully saturated rings. The Bertz CT molecular complexity index is 466. The van der Waals surface area contributed by atoms with Crippen LogP contribution in [0.2, 0.25) is 0 Å². The van der Waals surface area contributed by atoms with Gasteiger partial charge in [-0.25, -0.2) is 4.39 Å². The Hall–Kier alpha value is -1.85. The van der Waals surface area contributed by atoms with Crippen molar-refractivity contribution in [3.8, 4) is 0 Å². The highest BCUT2D eigenvalue weighted by Crippen LogP contribution is 2.31. The van der Waals surface area contributed by atoms with Gasteiger partial charge in [0.05, 0.1) is 5.56 Å². The molecule has 1 aromatic rings. The van der Waals surface area contributed by atoms with Gasteiger partial charge in [0.1, 0.15) is 5.82 Å². The van der Waals surface area contributed by atoms with E-state index in [1.807, 2.05) is 0 Å². The zero-order chi connectivity index (χ0) is 13.8. The summed E-state index contributed by atoms with van der Waals surface area (Å²) in [5, 5.41) is 2.47. The smallest absolute Gasteiger partial charge is 0.353 e. The normalized spacial score (nSPS) is 11.8. The van der Waals surface area contributed by atoms with Gasteiger partial charge in [-0.2, -0.15) is 13.2 Å². The van der Waals surface area contributed by atoms with E-state index in [4.69, 9.17) is 0 Å². The van der Waals surface area contributed by atoms with Crippen molar-refractivity contribution < 1.29 is 22.4 Å². The van der Waals surface area contributed by atoms with Crippen molar-refractivity contribution in [2.24, 2.45) is 0 Å². The summed E-state index contributed by atoms with van der Waals surface area (Å²) in [7, 11) is 0. The number of carbonyl (C=O) groups excluding carboxylic acids is 1. The lowest BCUT2D eigenvalue weighted by Crippen LogP contribution is -2.19. The number of benzene rings is 1. The summed E-state index contributed by atoms with van der Waals surface area (Å²) in [5.74, 6) is -1.54. The molecule has 1 rings (SSSR count). The van der Waals surface area contributed by atoms with Crippen LogP contribution in [0.1, 0.15) is 18.1 Å². The van der Waals surface area contributed by atoms with Gasteiger partial charge >= 0.3 is 6.18 Å². The largest absolute Gasteiger partial charge is 0.419 e. The number of hydrogen-bond acceptors (Lipinski definition) is 1. The van der Waals surface area contributed by atoms with Crippen LogP contribution in [-0.4, -0.2) is 12.5 Å². The monoisotopic (exact) mass is 261 g/mol. The van der Waals surface area contributed by atoms with Crippen LogP contribution in [0.4, 0.5) is 17.6 Å². The number of nitrogens with one attached hydrogen (secondary N) is 1. The molecule has 1 aromatic carbocycles. The van der Waals surface area contributed by atoms with Gasteiger partial charge in [-0.1, -0.05) is 18.2 Å². The number of alkyl halides is 3. The van der Waals surface area contributed by atoms with E-state index in [-0.39, 0.29) is 12.5 Å². The Labute approximate surface area is 101 Å². The summed E-state index contributed by atoms with van der Waals surface area (Å²) in [4.78, 5) is 10.5. The lowest BCUT2D eigenvalue weighted by molar-refractivity contribution is -0.140. The van der Waals surface area contributed by atoms with Gasteiger partial charge in [0.15, 0.2) is 0 Å². The molecule has 1 amide bonds. The molecular weight excluding hydrogens is 250 g/mol. The van der Waals surface area contributed by atoms with Crippen molar-refractivity contribution in [3.05, 3.63) is 41.2 Å². The number of carbonyl (C=O) groups is 1. The molecule has 2 nitrogen and oxygen atoms in total. The topological polar surface area (TPSA) is 29.1 Å². The van der Waals surface area contributed by atoms with Crippen molar-refractivity contribution in [2.45, 2.75) is 13.1 Å². The molecule has 0 unspecified atom stereocenters. The van der Waals surface area contributed by atoms with E-state index in [0.717, 1.165) is 12.1 Å². The van der Waals surface area contributed by atoms with Crippen molar-refractivity contribution >= 4 is 12.0 Å². The Kier molecular flexibility index (Phi) is 4.47. The fraction of sp³-hybridized carbons (Fsp3) is 0.250. The quantitative estimate of drug-likeness (QED) is 0.833. The molecule has 0 saturated carbocycles. The van der Waals surface area contributed by atoms with Crippen LogP contribution in [-0.2, 0) is 11.0 Å². The molecule has 98 valence electrons. The first kappa shape index (κ1) is 14.2. The highest BCUT2D eigenvalue weighted by molar-refractivity contribution is 5.73. The molecule has 0 spiro atoms. The van der Waals surface area contributed by atoms with Gasteiger partial charge in [-0.15, -0.1) is 0 Å². The highest BCUT2D eigenvalue weighted by Gasteiger charge is 2.33. The molecule has 0 radical (unpaired) electrons.